The predicted molar refractivity (Wildman–Crippen MR) is 154 cm³/mol. The normalized spacial score (nSPS) is 10.8. The molecule has 0 aromatic heterocycles. The molecule has 0 saturated carbocycles. The maximum atomic E-state index is 2.31. The number of hydrogen-bond acceptors (Lipinski definition) is 0. The zero-order valence-corrected chi connectivity index (χ0v) is 20.0. The molecule has 0 heteroatoms. The first-order valence-electron chi connectivity index (χ1n) is 12.4. The van der Waals surface area contributed by atoms with Crippen LogP contribution < -0.4 is 0 Å². The largest absolute Gasteiger partial charge is 0.0622 e. The van der Waals surface area contributed by atoms with Crippen LogP contribution in [0.2, 0.25) is 0 Å². The predicted octanol–water partition coefficient (Wildman–Crippen LogP) is 10.0. The van der Waals surface area contributed by atoms with E-state index >= 15 is 0 Å². The Kier molecular flexibility index (Phi) is 6.00. The zero-order chi connectivity index (χ0) is 24.2. The Morgan fingerprint density at radius 2 is 0.583 bits per heavy atom. The van der Waals surface area contributed by atoms with Gasteiger partial charge in [-0.25, -0.2) is 0 Å². The third kappa shape index (κ3) is 4.26. The van der Waals surface area contributed by atoms with Gasteiger partial charge in [0.1, 0.15) is 0 Å². The Labute approximate surface area is 213 Å². The highest BCUT2D eigenvalue weighted by Crippen LogP contribution is 2.45. The van der Waals surface area contributed by atoms with Gasteiger partial charge in [-0.15, -0.1) is 0 Å². The maximum absolute atomic E-state index is 2.31. The molecule has 0 atom stereocenters. The fourth-order valence-corrected chi connectivity index (χ4v) is 5.01. The summed E-state index contributed by atoms with van der Waals surface area (Å²) >= 11 is 0. The molecule has 0 aliphatic rings. The van der Waals surface area contributed by atoms with E-state index in [-0.39, 0.29) is 0 Å². The minimum absolute atomic E-state index is 1.21. The molecule has 0 fully saturated rings. The Morgan fingerprint density at radius 1 is 0.222 bits per heavy atom. The van der Waals surface area contributed by atoms with Gasteiger partial charge in [0.25, 0.3) is 0 Å². The van der Waals surface area contributed by atoms with Crippen LogP contribution in [0.15, 0.2) is 158 Å². The summed E-state index contributed by atoms with van der Waals surface area (Å²) in [6, 6.07) is 56.4. The van der Waals surface area contributed by atoms with E-state index in [0.717, 1.165) is 0 Å². The van der Waals surface area contributed by atoms with Crippen molar-refractivity contribution in [2.45, 2.75) is 0 Å². The monoisotopic (exact) mass is 458 g/mol. The van der Waals surface area contributed by atoms with Crippen molar-refractivity contribution in [3.05, 3.63) is 158 Å². The quantitative estimate of drug-likeness (QED) is 0.241. The molecule has 0 N–H and O–H groups in total. The highest BCUT2D eigenvalue weighted by molar-refractivity contribution is 6.01. The first kappa shape index (κ1) is 21.8. The highest BCUT2D eigenvalue weighted by Gasteiger charge is 2.19. The van der Waals surface area contributed by atoms with Gasteiger partial charge in [0.15, 0.2) is 0 Å². The molecule has 0 heterocycles. The van der Waals surface area contributed by atoms with Gasteiger partial charge in [-0.05, 0) is 61.7 Å². The molecule has 6 rings (SSSR count). The summed E-state index contributed by atoms with van der Waals surface area (Å²) in [4.78, 5) is 0. The van der Waals surface area contributed by atoms with E-state index in [9.17, 15) is 0 Å². The van der Waals surface area contributed by atoms with Gasteiger partial charge in [-0.1, -0.05) is 152 Å². The molecule has 0 radical (unpaired) electrons. The van der Waals surface area contributed by atoms with Crippen molar-refractivity contribution in [3.63, 3.8) is 0 Å². The summed E-state index contributed by atoms with van der Waals surface area (Å²) < 4.78 is 0. The molecule has 0 spiro atoms. The summed E-state index contributed by atoms with van der Waals surface area (Å²) in [5.74, 6) is 0. The van der Waals surface area contributed by atoms with Gasteiger partial charge < -0.3 is 0 Å². The Morgan fingerprint density at radius 3 is 1.08 bits per heavy atom. The minimum atomic E-state index is 1.21. The average molecular weight is 459 g/mol. The standard InChI is InChI=1S/C36H26/c1-5-14-27(15-6-1)31-22-13-23-32(26-31)34-25-24-33(28-16-7-2-8-17-28)35(29-18-9-3-10-19-29)36(34)30-20-11-4-12-21-30/h1-26H. The van der Waals surface area contributed by atoms with Crippen molar-refractivity contribution in [1.82, 2.24) is 0 Å². The average Bonchev–Trinajstić information content (AvgIpc) is 2.98. The third-order valence-electron chi connectivity index (χ3n) is 6.70. The molecule has 36 heavy (non-hydrogen) atoms. The molecular weight excluding hydrogens is 432 g/mol. The maximum Gasteiger partial charge on any atom is -0.00206 e. The molecule has 0 aliphatic heterocycles. The van der Waals surface area contributed by atoms with Crippen LogP contribution in [0.25, 0.3) is 55.6 Å². The van der Waals surface area contributed by atoms with Crippen molar-refractivity contribution in [3.8, 4) is 55.6 Å². The number of hydrogen-bond donors (Lipinski definition) is 0. The molecule has 6 aromatic carbocycles. The van der Waals surface area contributed by atoms with Gasteiger partial charge in [0.05, 0.1) is 0 Å². The van der Waals surface area contributed by atoms with Gasteiger partial charge in [-0.3, -0.25) is 0 Å². The first-order valence-corrected chi connectivity index (χ1v) is 12.4. The van der Waals surface area contributed by atoms with Gasteiger partial charge in [-0.2, -0.15) is 0 Å². The van der Waals surface area contributed by atoms with Crippen LogP contribution in [-0.2, 0) is 0 Å². The SMILES string of the molecule is c1ccc(-c2cccc(-c3ccc(-c4ccccc4)c(-c4ccccc4)c3-c3ccccc3)c2)cc1. The smallest absolute Gasteiger partial charge is 0.00206 e. The van der Waals surface area contributed by atoms with Crippen molar-refractivity contribution < 1.29 is 0 Å². The fourth-order valence-electron chi connectivity index (χ4n) is 5.01. The van der Waals surface area contributed by atoms with E-state index in [1.165, 1.54) is 55.6 Å². The van der Waals surface area contributed by atoms with Crippen LogP contribution in [0, 0.1) is 0 Å². The van der Waals surface area contributed by atoms with Crippen molar-refractivity contribution in [1.29, 1.82) is 0 Å². The summed E-state index contributed by atoms with van der Waals surface area (Å²) in [6.45, 7) is 0. The number of benzene rings is 6. The van der Waals surface area contributed by atoms with E-state index in [0.29, 0.717) is 0 Å². The lowest BCUT2D eigenvalue weighted by atomic mass is 9.82. The molecule has 170 valence electrons. The lowest BCUT2D eigenvalue weighted by molar-refractivity contribution is 1.54. The van der Waals surface area contributed by atoms with Crippen molar-refractivity contribution in [2.75, 3.05) is 0 Å². The van der Waals surface area contributed by atoms with E-state index < -0.39 is 0 Å². The summed E-state index contributed by atoms with van der Waals surface area (Å²) in [5.41, 5.74) is 12.3. The molecule has 0 nitrogen and oxygen atoms in total. The van der Waals surface area contributed by atoms with E-state index in [1.807, 2.05) is 0 Å². The van der Waals surface area contributed by atoms with Crippen molar-refractivity contribution in [2.24, 2.45) is 0 Å². The molecular formula is C36H26. The zero-order valence-electron chi connectivity index (χ0n) is 20.0. The van der Waals surface area contributed by atoms with Crippen molar-refractivity contribution >= 4 is 0 Å². The minimum Gasteiger partial charge on any atom is -0.0622 e. The topological polar surface area (TPSA) is 0 Å². The highest BCUT2D eigenvalue weighted by atomic mass is 14.2. The van der Waals surface area contributed by atoms with E-state index in [1.54, 1.807) is 0 Å². The van der Waals surface area contributed by atoms with Crippen LogP contribution in [0.4, 0.5) is 0 Å². The van der Waals surface area contributed by atoms with Crippen LogP contribution in [0.5, 0.6) is 0 Å². The molecule has 6 aromatic rings. The van der Waals surface area contributed by atoms with Crippen LogP contribution in [0.1, 0.15) is 0 Å². The molecule has 0 unspecified atom stereocenters. The van der Waals surface area contributed by atoms with Crippen LogP contribution >= 0.6 is 0 Å². The first-order chi connectivity index (χ1) is 17.9. The van der Waals surface area contributed by atoms with Crippen LogP contribution in [-0.4, -0.2) is 0 Å². The summed E-state index contributed by atoms with van der Waals surface area (Å²) in [5, 5.41) is 0. The summed E-state index contributed by atoms with van der Waals surface area (Å²) in [6.07, 6.45) is 0. The van der Waals surface area contributed by atoms with Crippen LogP contribution in [0.3, 0.4) is 0 Å². The van der Waals surface area contributed by atoms with E-state index in [4.69, 9.17) is 0 Å². The Bertz CT molecular complexity index is 1580. The second-order valence-corrected chi connectivity index (χ2v) is 8.96. The van der Waals surface area contributed by atoms with Gasteiger partial charge >= 0.3 is 0 Å². The Balaban J connectivity index is 1.67. The fraction of sp³-hybridized carbons (Fsp3) is 0. The number of rotatable bonds is 5. The van der Waals surface area contributed by atoms with Gasteiger partial charge in [0.2, 0.25) is 0 Å². The molecule has 0 aliphatic carbocycles. The Hall–Kier alpha value is -4.68. The third-order valence-corrected chi connectivity index (χ3v) is 6.70. The lowest BCUT2D eigenvalue weighted by Crippen LogP contribution is -1.94. The lowest BCUT2D eigenvalue weighted by Gasteiger charge is -2.21. The van der Waals surface area contributed by atoms with Gasteiger partial charge in [0, 0.05) is 0 Å². The second-order valence-electron chi connectivity index (χ2n) is 8.96. The molecule has 0 amide bonds. The van der Waals surface area contributed by atoms with E-state index in [2.05, 4.69) is 158 Å². The molecule has 0 saturated heterocycles. The summed E-state index contributed by atoms with van der Waals surface area (Å²) in [7, 11) is 0. The molecule has 0 bridgehead atoms. The second kappa shape index (κ2) is 9.90.